The monoisotopic (exact) mass is 364 g/mol. The molecule has 1 aromatic heterocycles. The molecule has 0 atom stereocenters. The van der Waals surface area contributed by atoms with Gasteiger partial charge in [0.15, 0.2) is 0 Å². The molecule has 26 heavy (non-hydrogen) atoms. The zero-order valence-electron chi connectivity index (χ0n) is 14.6. The number of ether oxygens (including phenoxy) is 1. The largest absolute Gasteiger partial charge is 0.383 e. The van der Waals surface area contributed by atoms with Crippen molar-refractivity contribution in [3.05, 3.63) is 41.7 Å². The summed E-state index contributed by atoms with van der Waals surface area (Å²) in [7, 11) is 3.01. The second-order valence-corrected chi connectivity index (χ2v) is 5.34. The number of anilines is 1. The maximum absolute atomic E-state index is 13.6. The van der Waals surface area contributed by atoms with Crippen molar-refractivity contribution >= 4 is 17.6 Å². The van der Waals surface area contributed by atoms with Crippen molar-refractivity contribution in [1.82, 2.24) is 25.4 Å². The van der Waals surface area contributed by atoms with E-state index >= 15 is 0 Å². The van der Waals surface area contributed by atoms with Gasteiger partial charge in [-0.2, -0.15) is 0 Å². The van der Waals surface area contributed by atoms with Crippen LogP contribution in [0.15, 0.2) is 24.5 Å². The summed E-state index contributed by atoms with van der Waals surface area (Å²) in [5, 5.41) is 15.4. The van der Waals surface area contributed by atoms with Crippen LogP contribution in [0.5, 0.6) is 0 Å². The van der Waals surface area contributed by atoms with Crippen LogP contribution in [0.2, 0.25) is 0 Å². The van der Waals surface area contributed by atoms with Gasteiger partial charge < -0.3 is 25.3 Å². The molecule has 1 heterocycles. The molecule has 0 unspecified atom stereocenters. The van der Waals surface area contributed by atoms with Crippen molar-refractivity contribution in [2.45, 2.75) is 13.0 Å². The van der Waals surface area contributed by atoms with Crippen LogP contribution < -0.4 is 16.0 Å². The van der Waals surface area contributed by atoms with E-state index in [4.69, 9.17) is 4.74 Å². The molecule has 0 saturated heterocycles. The summed E-state index contributed by atoms with van der Waals surface area (Å²) >= 11 is 0. The molecule has 0 radical (unpaired) electrons. The van der Waals surface area contributed by atoms with Crippen LogP contribution in [-0.2, 0) is 17.7 Å². The predicted octanol–water partition coefficient (Wildman–Crippen LogP) is 0.787. The number of aromatic nitrogens is 3. The Labute approximate surface area is 149 Å². The van der Waals surface area contributed by atoms with E-state index in [0.29, 0.717) is 31.8 Å². The fourth-order valence-corrected chi connectivity index (χ4v) is 2.22. The molecule has 0 spiro atoms. The third-order valence-corrected chi connectivity index (χ3v) is 3.56. The Kier molecular flexibility index (Phi) is 7.03. The molecule has 3 N–H and O–H groups in total. The summed E-state index contributed by atoms with van der Waals surface area (Å²) in [6, 6.07) is 3.30. The first-order valence-electron chi connectivity index (χ1n) is 7.97. The number of carbonyl (C=O) groups excluding carboxylic acids is 2. The van der Waals surface area contributed by atoms with Crippen LogP contribution in [0, 0.1) is 5.82 Å². The van der Waals surface area contributed by atoms with Gasteiger partial charge in [-0.1, -0.05) is 0 Å². The molecular formula is C16H21FN6O3. The molecule has 2 aromatic rings. The van der Waals surface area contributed by atoms with Crippen LogP contribution in [0.4, 0.5) is 14.9 Å². The Bertz CT molecular complexity index is 764. The number of urea groups is 1. The van der Waals surface area contributed by atoms with Gasteiger partial charge in [-0.25, -0.2) is 9.18 Å². The van der Waals surface area contributed by atoms with Gasteiger partial charge in [0, 0.05) is 39.4 Å². The van der Waals surface area contributed by atoms with Crippen molar-refractivity contribution in [3.63, 3.8) is 0 Å². The average molecular weight is 364 g/mol. The number of benzene rings is 1. The second-order valence-electron chi connectivity index (χ2n) is 5.34. The quantitative estimate of drug-likeness (QED) is 0.641. The lowest BCUT2D eigenvalue weighted by Crippen LogP contribution is -2.31. The number of nitrogens with zero attached hydrogens (tertiary/aromatic N) is 3. The highest BCUT2D eigenvalue weighted by molar-refractivity contribution is 5.96. The van der Waals surface area contributed by atoms with Crippen LogP contribution in [-0.4, -0.2) is 54.0 Å². The fraction of sp³-hybridized carbons (Fsp3) is 0.375. The SMILES string of the molecule is CNC(=O)c1cc(NC(=O)NCCc2nncn2CCOC)ccc1F. The van der Waals surface area contributed by atoms with Crippen molar-refractivity contribution in [1.29, 1.82) is 0 Å². The van der Waals surface area contributed by atoms with Gasteiger partial charge >= 0.3 is 6.03 Å². The Morgan fingerprint density at radius 1 is 1.35 bits per heavy atom. The highest BCUT2D eigenvalue weighted by Gasteiger charge is 2.12. The summed E-state index contributed by atoms with van der Waals surface area (Å²) in [4.78, 5) is 23.5. The molecule has 9 nitrogen and oxygen atoms in total. The van der Waals surface area contributed by atoms with Gasteiger partial charge in [-0.05, 0) is 18.2 Å². The van der Waals surface area contributed by atoms with E-state index in [-0.39, 0.29) is 5.56 Å². The summed E-state index contributed by atoms with van der Waals surface area (Å²) < 4.78 is 20.5. The van der Waals surface area contributed by atoms with Crippen LogP contribution in [0.1, 0.15) is 16.2 Å². The van der Waals surface area contributed by atoms with Gasteiger partial charge in [-0.3, -0.25) is 4.79 Å². The molecule has 140 valence electrons. The summed E-state index contributed by atoms with van der Waals surface area (Å²) in [5.74, 6) is -0.501. The smallest absolute Gasteiger partial charge is 0.319 e. The summed E-state index contributed by atoms with van der Waals surface area (Å²) in [6.45, 7) is 1.50. The molecule has 3 amide bonds. The first-order chi connectivity index (χ1) is 12.5. The third-order valence-electron chi connectivity index (χ3n) is 3.56. The molecule has 0 aliphatic carbocycles. The zero-order valence-corrected chi connectivity index (χ0v) is 14.6. The summed E-state index contributed by atoms with van der Waals surface area (Å²) in [6.07, 6.45) is 2.09. The number of halogens is 1. The van der Waals surface area contributed by atoms with Crippen LogP contribution in [0.25, 0.3) is 0 Å². The first kappa shape index (κ1) is 19.3. The maximum Gasteiger partial charge on any atom is 0.319 e. The number of hydrogen-bond acceptors (Lipinski definition) is 5. The lowest BCUT2D eigenvalue weighted by molar-refractivity contribution is 0.0959. The molecule has 1 aromatic carbocycles. The molecule has 0 bridgehead atoms. The first-order valence-corrected chi connectivity index (χ1v) is 7.97. The van der Waals surface area contributed by atoms with Gasteiger partial charge in [-0.15, -0.1) is 10.2 Å². The number of nitrogens with one attached hydrogen (secondary N) is 3. The second kappa shape index (κ2) is 9.47. The van der Waals surface area contributed by atoms with E-state index < -0.39 is 17.8 Å². The number of rotatable bonds is 8. The number of carbonyl (C=O) groups is 2. The lowest BCUT2D eigenvalue weighted by atomic mass is 10.1. The Hall–Kier alpha value is -3.01. The van der Waals surface area contributed by atoms with E-state index in [2.05, 4.69) is 26.1 Å². The molecule has 0 saturated carbocycles. The van der Waals surface area contributed by atoms with E-state index in [1.54, 1.807) is 13.4 Å². The predicted molar refractivity (Wildman–Crippen MR) is 92.4 cm³/mol. The molecular weight excluding hydrogens is 343 g/mol. The van der Waals surface area contributed by atoms with Gasteiger partial charge in [0.2, 0.25) is 0 Å². The zero-order chi connectivity index (χ0) is 18.9. The van der Waals surface area contributed by atoms with E-state index in [9.17, 15) is 14.0 Å². The molecule has 10 heteroatoms. The molecule has 2 rings (SSSR count). The van der Waals surface area contributed by atoms with Crippen LogP contribution >= 0.6 is 0 Å². The maximum atomic E-state index is 13.6. The van der Waals surface area contributed by atoms with E-state index in [1.165, 1.54) is 19.2 Å². The number of methoxy groups -OCH3 is 1. The van der Waals surface area contributed by atoms with E-state index in [0.717, 1.165) is 11.9 Å². The normalized spacial score (nSPS) is 10.4. The van der Waals surface area contributed by atoms with Gasteiger partial charge in [0.25, 0.3) is 5.91 Å². The summed E-state index contributed by atoms with van der Waals surface area (Å²) in [5.41, 5.74) is 0.169. The minimum absolute atomic E-state index is 0.142. The van der Waals surface area contributed by atoms with Gasteiger partial charge in [0.1, 0.15) is 18.0 Å². The van der Waals surface area contributed by atoms with Crippen molar-refractivity contribution < 1.29 is 18.7 Å². The minimum atomic E-state index is -0.661. The van der Waals surface area contributed by atoms with E-state index in [1.807, 2.05) is 4.57 Å². The highest BCUT2D eigenvalue weighted by atomic mass is 19.1. The van der Waals surface area contributed by atoms with Crippen LogP contribution in [0.3, 0.4) is 0 Å². The topological polar surface area (TPSA) is 110 Å². The van der Waals surface area contributed by atoms with Crippen molar-refractivity contribution in [2.75, 3.05) is 32.6 Å². The molecule has 0 aliphatic heterocycles. The average Bonchev–Trinajstić information content (AvgIpc) is 3.08. The van der Waals surface area contributed by atoms with Crippen molar-refractivity contribution in [3.8, 4) is 0 Å². The molecule has 0 fully saturated rings. The number of hydrogen-bond donors (Lipinski definition) is 3. The van der Waals surface area contributed by atoms with Gasteiger partial charge in [0.05, 0.1) is 12.2 Å². The third kappa shape index (κ3) is 5.24. The Balaban J connectivity index is 1.86. The molecule has 0 aliphatic rings. The minimum Gasteiger partial charge on any atom is -0.383 e. The fourth-order valence-electron chi connectivity index (χ4n) is 2.22. The Morgan fingerprint density at radius 2 is 2.15 bits per heavy atom. The standard InChI is InChI=1S/C16H21FN6O3/c1-18-15(24)12-9-11(3-4-13(12)17)21-16(25)19-6-5-14-22-20-10-23(14)7-8-26-2/h3-4,9-10H,5-8H2,1-2H3,(H,18,24)(H2,19,21,25). The number of amides is 3. The Morgan fingerprint density at radius 3 is 2.88 bits per heavy atom. The van der Waals surface area contributed by atoms with Crippen molar-refractivity contribution in [2.24, 2.45) is 0 Å². The lowest BCUT2D eigenvalue weighted by Gasteiger charge is -2.10. The highest BCUT2D eigenvalue weighted by Crippen LogP contribution is 2.14.